The Hall–Kier alpha value is -2.77. The van der Waals surface area contributed by atoms with Gasteiger partial charge >= 0.3 is 0 Å². The molecule has 1 atom stereocenters. The van der Waals surface area contributed by atoms with Crippen LogP contribution in [0.25, 0.3) is 10.9 Å². The second-order valence-electron chi connectivity index (χ2n) is 8.05. The highest BCUT2D eigenvalue weighted by Gasteiger charge is 2.22. The number of nitrogens with one attached hydrogen (secondary N) is 2. The van der Waals surface area contributed by atoms with Gasteiger partial charge in [-0.25, -0.2) is 4.39 Å². The maximum atomic E-state index is 13.2. The van der Waals surface area contributed by atoms with Crippen molar-refractivity contribution in [3.63, 3.8) is 0 Å². The lowest BCUT2D eigenvalue weighted by Gasteiger charge is -2.28. The fourth-order valence-corrected chi connectivity index (χ4v) is 4.14. The second kappa shape index (κ2) is 9.16. The monoisotopic (exact) mass is 439 g/mol. The van der Waals surface area contributed by atoms with Gasteiger partial charge in [-0.15, -0.1) is 0 Å². The van der Waals surface area contributed by atoms with E-state index in [1.807, 2.05) is 30.9 Å². The molecule has 3 aromatic rings. The lowest BCUT2D eigenvalue weighted by atomic mass is 10.0. The molecular weight excluding hydrogens is 413 g/mol. The van der Waals surface area contributed by atoms with Crippen molar-refractivity contribution in [1.29, 1.82) is 0 Å². The van der Waals surface area contributed by atoms with Crippen molar-refractivity contribution in [3.05, 3.63) is 75.3 Å². The average molecular weight is 440 g/mol. The maximum Gasteiger partial charge on any atom is 0.253 e. The van der Waals surface area contributed by atoms with Gasteiger partial charge in [-0.05, 0) is 85.8 Å². The smallest absolute Gasteiger partial charge is 0.253 e. The van der Waals surface area contributed by atoms with Crippen LogP contribution in [0.15, 0.2) is 47.3 Å². The normalized spacial score (nSPS) is 15.9. The van der Waals surface area contributed by atoms with Crippen molar-refractivity contribution >= 4 is 33.9 Å². The molecule has 0 amide bonds. The van der Waals surface area contributed by atoms with E-state index < -0.39 is 0 Å². The molecule has 7 heteroatoms. The van der Waals surface area contributed by atoms with Crippen molar-refractivity contribution in [3.8, 4) is 0 Å². The van der Waals surface area contributed by atoms with Crippen molar-refractivity contribution < 1.29 is 9.13 Å². The van der Waals surface area contributed by atoms with Gasteiger partial charge in [-0.2, -0.15) is 0 Å². The van der Waals surface area contributed by atoms with Crippen LogP contribution < -0.4 is 10.9 Å². The summed E-state index contributed by atoms with van der Waals surface area (Å²) in [4.78, 5) is 17.9. The summed E-state index contributed by atoms with van der Waals surface area (Å²) >= 11 is 5.65. The van der Waals surface area contributed by atoms with E-state index in [0.29, 0.717) is 29.5 Å². The topological polar surface area (TPSA) is 57.4 Å². The molecule has 4 rings (SSSR count). The van der Waals surface area contributed by atoms with Gasteiger partial charge in [-0.1, -0.05) is 12.1 Å². The van der Waals surface area contributed by atoms with E-state index in [1.165, 1.54) is 12.1 Å². The molecule has 5 nitrogen and oxygen atoms in total. The van der Waals surface area contributed by atoms with Crippen molar-refractivity contribution in [2.24, 2.45) is 0 Å². The van der Waals surface area contributed by atoms with Gasteiger partial charge in [0.1, 0.15) is 5.82 Å². The van der Waals surface area contributed by atoms with Gasteiger partial charge in [0.15, 0.2) is 5.11 Å². The van der Waals surface area contributed by atoms with Gasteiger partial charge in [0.2, 0.25) is 0 Å². The predicted octanol–water partition coefficient (Wildman–Crippen LogP) is 4.66. The largest absolute Gasteiger partial charge is 0.376 e. The first-order valence-corrected chi connectivity index (χ1v) is 10.9. The number of ether oxygens (including phenoxy) is 1. The van der Waals surface area contributed by atoms with Gasteiger partial charge in [0, 0.05) is 24.4 Å². The van der Waals surface area contributed by atoms with Gasteiger partial charge in [-0.3, -0.25) is 4.79 Å². The van der Waals surface area contributed by atoms with Crippen LogP contribution >= 0.6 is 12.2 Å². The number of aromatic nitrogens is 1. The van der Waals surface area contributed by atoms with E-state index in [4.69, 9.17) is 17.0 Å². The van der Waals surface area contributed by atoms with E-state index in [2.05, 4.69) is 16.4 Å². The Morgan fingerprint density at radius 2 is 2.03 bits per heavy atom. The first-order valence-electron chi connectivity index (χ1n) is 10.5. The fourth-order valence-electron chi connectivity index (χ4n) is 3.88. The zero-order valence-corrected chi connectivity index (χ0v) is 18.5. The fraction of sp³-hybridized carbons (Fsp3) is 0.333. The van der Waals surface area contributed by atoms with Crippen LogP contribution in [-0.2, 0) is 11.3 Å². The third kappa shape index (κ3) is 4.94. The minimum absolute atomic E-state index is 0.0670. The number of H-pyrrole nitrogens is 1. The van der Waals surface area contributed by atoms with Crippen LogP contribution in [0.3, 0.4) is 0 Å². The number of rotatable bonds is 5. The van der Waals surface area contributed by atoms with Crippen molar-refractivity contribution in [1.82, 2.24) is 9.88 Å². The molecule has 1 saturated heterocycles. The lowest BCUT2D eigenvalue weighted by Crippen LogP contribution is -2.40. The molecule has 31 heavy (non-hydrogen) atoms. The Balaban J connectivity index is 1.61. The molecule has 2 N–H and O–H groups in total. The Labute approximate surface area is 186 Å². The van der Waals surface area contributed by atoms with Gasteiger partial charge < -0.3 is 19.9 Å². The standard InChI is InChI=1S/C24H26FN3O2S/c1-15-5-6-17-12-18(23(29)27-22(17)16(15)2)13-28(14-21-4-3-11-30-21)24(31)26-20-9-7-19(25)8-10-20/h5-10,12,21H,3-4,11,13-14H2,1-2H3,(H,26,31)(H,27,29)/t21-/m0/s1. The number of pyridine rings is 1. The molecule has 0 bridgehead atoms. The number of thiocarbonyl (C=S) groups is 1. The van der Waals surface area contributed by atoms with E-state index in [1.54, 1.807) is 12.1 Å². The number of anilines is 1. The summed E-state index contributed by atoms with van der Waals surface area (Å²) in [5, 5.41) is 4.63. The zero-order chi connectivity index (χ0) is 22.0. The average Bonchev–Trinajstić information content (AvgIpc) is 3.26. The number of hydrogen-bond acceptors (Lipinski definition) is 3. The van der Waals surface area contributed by atoms with Crippen LogP contribution in [-0.4, -0.2) is 34.3 Å². The van der Waals surface area contributed by atoms with Crippen LogP contribution in [0.4, 0.5) is 10.1 Å². The second-order valence-corrected chi connectivity index (χ2v) is 8.43. The van der Waals surface area contributed by atoms with Crippen LogP contribution in [0.1, 0.15) is 29.5 Å². The molecule has 2 aromatic carbocycles. The summed E-state index contributed by atoms with van der Waals surface area (Å²) < 4.78 is 19.0. The highest BCUT2D eigenvalue weighted by Crippen LogP contribution is 2.21. The van der Waals surface area contributed by atoms with E-state index in [0.717, 1.165) is 41.5 Å². The number of fused-ring (bicyclic) bond motifs is 1. The Kier molecular flexibility index (Phi) is 6.34. The Bertz CT molecular complexity index is 1150. The quantitative estimate of drug-likeness (QED) is 0.566. The maximum absolute atomic E-state index is 13.2. The predicted molar refractivity (Wildman–Crippen MR) is 126 cm³/mol. The summed E-state index contributed by atoms with van der Waals surface area (Å²) in [5.74, 6) is -0.305. The Morgan fingerprint density at radius 3 is 2.74 bits per heavy atom. The minimum atomic E-state index is -0.305. The van der Waals surface area contributed by atoms with Crippen LogP contribution in [0.5, 0.6) is 0 Å². The molecule has 1 aliphatic rings. The molecule has 0 unspecified atom stereocenters. The summed E-state index contributed by atoms with van der Waals surface area (Å²) in [7, 11) is 0. The number of benzene rings is 2. The molecule has 1 fully saturated rings. The van der Waals surface area contributed by atoms with Crippen LogP contribution in [0.2, 0.25) is 0 Å². The summed E-state index contributed by atoms with van der Waals surface area (Å²) in [6.07, 6.45) is 2.05. The lowest BCUT2D eigenvalue weighted by molar-refractivity contribution is 0.0904. The van der Waals surface area contributed by atoms with Gasteiger partial charge in [0.05, 0.1) is 18.2 Å². The molecule has 0 aliphatic carbocycles. The summed E-state index contributed by atoms with van der Waals surface area (Å²) in [6.45, 7) is 5.72. The molecule has 0 radical (unpaired) electrons. The zero-order valence-electron chi connectivity index (χ0n) is 17.7. The van der Waals surface area contributed by atoms with Gasteiger partial charge in [0.25, 0.3) is 5.56 Å². The number of halogens is 1. The number of aromatic amines is 1. The Morgan fingerprint density at radius 1 is 1.26 bits per heavy atom. The highest BCUT2D eigenvalue weighted by molar-refractivity contribution is 7.80. The SMILES string of the molecule is Cc1ccc2cc(CN(C[C@@H]3CCCO3)C(=S)Nc3ccc(F)cc3)c(=O)[nH]c2c1C. The van der Waals surface area contributed by atoms with E-state index >= 15 is 0 Å². The minimum Gasteiger partial charge on any atom is -0.376 e. The van der Waals surface area contributed by atoms with E-state index in [9.17, 15) is 9.18 Å². The third-order valence-electron chi connectivity index (χ3n) is 5.82. The summed E-state index contributed by atoms with van der Waals surface area (Å²) in [6, 6.07) is 12.1. The molecule has 0 saturated carbocycles. The molecule has 162 valence electrons. The molecular formula is C24H26FN3O2S. The van der Waals surface area contributed by atoms with E-state index in [-0.39, 0.29) is 17.5 Å². The van der Waals surface area contributed by atoms with Crippen molar-refractivity contribution in [2.45, 2.75) is 39.3 Å². The first kappa shape index (κ1) is 21.5. The van der Waals surface area contributed by atoms with Crippen molar-refractivity contribution in [2.75, 3.05) is 18.5 Å². The number of hydrogen-bond donors (Lipinski definition) is 2. The molecule has 1 aromatic heterocycles. The molecule has 1 aliphatic heterocycles. The third-order valence-corrected chi connectivity index (χ3v) is 6.18. The number of nitrogens with zero attached hydrogens (tertiary/aromatic N) is 1. The number of aryl methyl sites for hydroxylation is 2. The molecule has 0 spiro atoms. The highest BCUT2D eigenvalue weighted by atomic mass is 32.1. The first-order chi connectivity index (χ1) is 14.9. The van der Waals surface area contributed by atoms with Crippen LogP contribution in [0, 0.1) is 19.7 Å². The molecule has 2 heterocycles. The summed E-state index contributed by atoms with van der Waals surface area (Å²) in [5.41, 5.74) is 4.29.